The van der Waals surface area contributed by atoms with Crippen LogP contribution in [0.15, 0.2) is 46.2 Å². The van der Waals surface area contributed by atoms with Gasteiger partial charge >= 0.3 is 0 Å². The molecule has 2 heterocycles. The molecule has 0 radical (unpaired) electrons. The number of H-pyrrole nitrogens is 1. The Morgan fingerprint density at radius 2 is 2.14 bits per heavy atom. The summed E-state index contributed by atoms with van der Waals surface area (Å²) < 4.78 is 14.9. The van der Waals surface area contributed by atoms with Crippen molar-refractivity contribution in [3.8, 4) is 0 Å². The Kier molecular flexibility index (Phi) is 4.03. The highest BCUT2D eigenvalue weighted by Gasteiger charge is 2.06. The molecule has 1 N–H and O–H groups in total. The van der Waals surface area contributed by atoms with Crippen LogP contribution >= 0.6 is 23.6 Å². The Balaban J connectivity index is 1.86. The van der Waals surface area contributed by atoms with Crippen molar-refractivity contribution in [1.82, 2.24) is 14.9 Å². The fourth-order valence-corrected chi connectivity index (χ4v) is 2.62. The summed E-state index contributed by atoms with van der Waals surface area (Å²) in [6.07, 6.45) is 2.25. The fraction of sp³-hybridized carbons (Fsp3) is 0.0714. The van der Waals surface area contributed by atoms with Crippen LogP contribution in [-0.2, 0) is 6.42 Å². The normalized spacial score (nSPS) is 11.3. The van der Waals surface area contributed by atoms with Crippen molar-refractivity contribution < 1.29 is 4.39 Å². The first-order valence-electron chi connectivity index (χ1n) is 6.19. The fourth-order valence-electron chi connectivity index (χ4n) is 1.82. The van der Waals surface area contributed by atoms with E-state index >= 15 is 0 Å². The van der Waals surface area contributed by atoms with Crippen LogP contribution in [0.4, 0.5) is 4.39 Å². The van der Waals surface area contributed by atoms with Crippen LogP contribution in [0.25, 0.3) is 0 Å². The number of aromatic nitrogens is 3. The zero-order valence-corrected chi connectivity index (χ0v) is 12.5. The maximum absolute atomic E-state index is 12.9. The molecule has 0 aliphatic rings. The highest BCUT2D eigenvalue weighted by molar-refractivity contribution is 7.71. The molecule has 0 unspecified atom stereocenters. The molecule has 1 aromatic carbocycles. The van der Waals surface area contributed by atoms with Gasteiger partial charge in [-0.2, -0.15) is 26.2 Å². The van der Waals surface area contributed by atoms with Crippen LogP contribution in [-0.4, -0.2) is 21.1 Å². The summed E-state index contributed by atoms with van der Waals surface area (Å²) in [6.45, 7) is 0. The molecular formula is C14H11FN4S2. The number of nitrogens with zero attached hydrogens (tertiary/aromatic N) is 3. The second kappa shape index (κ2) is 6.11. The van der Waals surface area contributed by atoms with Gasteiger partial charge < -0.3 is 0 Å². The number of benzene rings is 1. The average molecular weight is 318 g/mol. The smallest absolute Gasteiger partial charge is 0.216 e. The molecule has 2 aromatic heterocycles. The lowest BCUT2D eigenvalue weighted by Crippen LogP contribution is -2.00. The van der Waals surface area contributed by atoms with Crippen LogP contribution in [0.1, 0.15) is 17.0 Å². The van der Waals surface area contributed by atoms with Crippen LogP contribution in [0, 0.1) is 10.6 Å². The van der Waals surface area contributed by atoms with E-state index in [9.17, 15) is 4.39 Å². The van der Waals surface area contributed by atoms with Crippen molar-refractivity contribution in [2.45, 2.75) is 6.42 Å². The lowest BCUT2D eigenvalue weighted by molar-refractivity contribution is 0.627. The van der Waals surface area contributed by atoms with E-state index in [4.69, 9.17) is 12.2 Å². The summed E-state index contributed by atoms with van der Waals surface area (Å²) in [5.41, 5.74) is 1.95. The highest BCUT2D eigenvalue weighted by atomic mass is 32.1. The molecule has 21 heavy (non-hydrogen) atoms. The van der Waals surface area contributed by atoms with Crippen molar-refractivity contribution in [1.29, 1.82) is 0 Å². The summed E-state index contributed by atoms with van der Waals surface area (Å²) in [4.78, 5) is 0. The zero-order chi connectivity index (χ0) is 14.7. The van der Waals surface area contributed by atoms with Crippen molar-refractivity contribution in [2.24, 2.45) is 5.10 Å². The Morgan fingerprint density at radius 1 is 1.33 bits per heavy atom. The van der Waals surface area contributed by atoms with E-state index in [1.807, 2.05) is 16.8 Å². The molecule has 7 heteroatoms. The number of nitrogens with one attached hydrogen (secondary N) is 1. The third-order valence-corrected chi connectivity index (χ3v) is 3.82. The number of hydrogen-bond donors (Lipinski definition) is 1. The van der Waals surface area contributed by atoms with E-state index < -0.39 is 0 Å². The van der Waals surface area contributed by atoms with Crippen LogP contribution in [0.5, 0.6) is 0 Å². The first kappa shape index (κ1) is 13.8. The highest BCUT2D eigenvalue weighted by Crippen LogP contribution is 2.10. The van der Waals surface area contributed by atoms with E-state index in [2.05, 4.69) is 15.3 Å². The molecule has 3 aromatic rings. The van der Waals surface area contributed by atoms with Crippen LogP contribution in [0.2, 0.25) is 0 Å². The summed E-state index contributed by atoms with van der Waals surface area (Å²) in [7, 11) is 0. The minimum atomic E-state index is -0.256. The number of aromatic amines is 1. The standard InChI is InChI=1S/C14H11FN4S2/c15-12-3-1-10(2-4-12)7-13-17-18-14(20)19(13)16-8-11-5-6-21-9-11/h1-6,8-9H,7H2,(H,18,20)/b16-8-. The zero-order valence-electron chi connectivity index (χ0n) is 10.9. The summed E-state index contributed by atoms with van der Waals surface area (Å²) in [5.74, 6) is 0.422. The van der Waals surface area contributed by atoms with Gasteiger partial charge in [0.2, 0.25) is 4.77 Å². The second-order valence-electron chi connectivity index (χ2n) is 4.36. The Labute approximate surface area is 129 Å². The van der Waals surface area contributed by atoms with Crippen molar-refractivity contribution in [3.63, 3.8) is 0 Å². The largest absolute Gasteiger partial charge is 0.250 e. The van der Waals surface area contributed by atoms with E-state index in [1.165, 1.54) is 12.1 Å². The molecule has 0 saturated carbocycles. The Bertz CT molecular complexity index is 800. The topological polar surface area (TPSA) is 46.0 Å². The monoisotopic (exact) mass is 318 g/mol. The minimum absolute atomic E-state index is 0.256. The van der Waals surface area contributed by atoms with E-state index in [1.54, 1.807) is 34.4 Å². The SMILES string of the molecule is Fc1ccc(Cc2n[nH]c(=S)n2/N=C\c2ccsc2)cc1. The molecule has 0 bridgehead atoms. The maximum atomic E-state index is 12.9. The molecule has 0 spiro atoms. The molecule has 0 atom stereocenters. The number of halogens is 1. The molecule has 3 rings (SSSR count). The molecule has 0 saturated heterocycles. The van der Waals surface area contributed by atoms with Gasteiger partial charge in [-0.25, -0.2) is 4.39 Å². The van der Waals surface area contributed by atoms with Crippen molar-refractivity contribution in [3.05, 3.63) is 68.6 Å². The first-order chi connectivity index (χ1) is 10.2. The van der Waals surface area contributed by atoms with Crippen LogP contribution in [0.3, 0.4) is 0 Å². The average Bonchev–Trinajstić information content (AvgIpc) is 3.10. The summed E-state index contributed by atoms with van der Waals surface area (Å²) in [6, 6.07) is 8.27. The Morgan fingerprint density at radius 3 is 2.86 bits per heavy atom. The van der Waals surface area contributed by atoms with E-state index in [0.29, 0.717) is 17.0 Å². The van der Waals surface area contributed by atoms with Gasteiger partial charge in [0.05, 0.1) is 6.21 Å². The van der Waals surface area contributed by atoms with Crippen molar-refractivity contribution >= 4 is 29.8 Å². The third-order valence-electron chi connectivity index (χ3n) is 2.86. The van der Waals surface area contributed by atoms with Gasteiger partial charge in [0.15, 0.2) is 5.82 Å². The molecule has 4 nitrogen and oxygen atoms in total. The minimum Gasteiger partial charge on any atom is -0.250 e. The molecule has 106 valence electrons. The predicted molar refractivity (Wildman–Crippen MR) is 83.9 cm³/mol. The maximum Gasteiger partial charge on any atom is 0.216 e. The number of thiophene rings is 1. The van der Waals surface area contributed by atoms with Gasteiger partial charge in [-0.1, -0.05) is 12.1 Å². The second-order valence-corrected chi connectivity index (χ2v) is 5.53. The van der Waals surface area contributed by atoms with Gasteiger partial charge in [0, 0.05) is 12.0 Å². The quantitative estimate of drug-likeness (QED) is 0.590. The molecule has 0 aliphatic heterocycles. The third kappa shape index (κ3) is 3.32. The molecule has 0 aliphatic carbocycles. The first-order valence-corrected chi connectivity index (χ1v) is 7.55. The molecule has 0 amide bonds. The van der Waals surface area contributed by atoms with E-state index in [-0.39, 0.29) is 5.82 Å². The summed E-state index contributed by atoms with van der Waals surface area (Å²) in [5, 5.41) is 15.2. The van der Waals surface area contributed by atoms with Gasteiger partial charge in [-0.15, -0.1) is 0 Å². The number of rotatable bonds is 4. The lowest BCUT2D eigenvalue weighted by Gasteiger charge is -2.01. The van der Waals surface area contributed by atoms with Gasteiger partial charge in [-0.3, -0.25) is 5.10 Å². The van der Waals surface area contributed by atoms with E-state index in [0.717, 1.165) is 11.1 Å². The molecule has 0 fully saturated rings. The summed E-state index contributed by atoms with van der Waals surface area (Å²) >= 11 is 6.78. The number of hydrogen-bond acceptors (Lipinski definition) is 4. The van der Waals surface area contributed by atoms with Crippen molar-refractivity contribution in [2.75, 3.05) is 0 Å². The predicted octanol–water partition coefficient (Wildman–Crippen LogP) is 3.61. The molecular weight excluding hydrogens is 307 g/mol. The van der Waals surface area contributed by atoms with Gasteiger partial charge in [-0.05, 0) is 46.7 Å². The van der Waals surface area contributed by atoms with Crippen LogP contribution < -0.4 is 0 Å². The lowest BCUT2D eigenvalue weighted by atomic mass is 10.1. The van der Waals surface area contributed by atoms with Gasteiger partial charge in [0.25, 0.3) is 0 Å². The van der Waals surface area contributed by atoms with Gasteiger partial charge in [0.1, 0.15) is 5.82 Å². The Hall–Kier alpha value is -2.12.